The van der Waals surface area contributed by atoms with E-state index >= 15 is 0 Å². The Bertz CT molecular complexity index is 630. The van der Waals surface area contributed by atoms with Crippen LogP contribution in [0.3, 0.4) is 0 Å². The second kappa shape index (κ2) is 4.32. The average molecular weight is 285 g/mol. The molecule has 1 aliphatic rings. The van der Waals surface area contributed by atoms with E-state index in [0.717, 1.165) is 17.4 Å². The number of anilines is 1. The molecule has 3 rings (SSSR count). The Morgan fingerprint density at radius 3 is 2.65 bits per heavy atom. The van der Waals surface area contributed by atoms with Crippen LogP contribution in [0.2, 0.25) is 0 Å². The normalized spacial score (nSPS) is 18.0. The lowest BCUT2D eigenvalue weighted by Gasteiger charge is -2.38. The van der Waals surface area contributed by atoms with Gasteiger partial charge in [-0.2, -0.15) is 17.7 Å². The van der Waals surface area contributed by atoms with Crippen LogP contribution in [0.25, 0.3) is 5.65 Å². The lowest BCUT2D eigenvalue weighted by Crippen LogP contribution is -2.33. The SMILES string of the molecule is CC1(CNc2ccc3nnc(C(F)(F)F)n3n2)CCC1. The van der Waals surface area contributed by atoms with Gasteiger partial charge in [0.25, 0.3) is 5.82 Å². The summed E-state index contributed by atoms with van der Waals surface area (Å²) >= 11 is 0. The first kappa shape index (κ1) is 13.1. The molecule has 2 aromatic heterocycles. The molecule has 0 unspecified atom stereocenters. The van der Waals surface area contributed by atoms with Crippen LogP contribution in [0, 0.1) is 5.41 Å². The zero-order valence-electron chi connectivity index (χ0n) is 10.9. The molecule has 0 radical (unpaired) electrons. The van der Waals surface area contributed by atoms with E-state index in [-0.39, 0.29) is 11.1 Å². The summed E-state index contributed by atoms with van der Waals surface area (Å²) in [5, 5.41) is 13.6. The zero-order chi connectivity index (χ0) is 14.4. The van der Waals surface area contributed by atoms with E-state index in [2.05, 4.69) is 27.5 Å². The Balaban J connectivity index is 1.85. The maximum absolute atomic E-state index is 12.7. The number of aromatic nitrogens is 4. The highest BCUT2D eigenvalue weighted by atomic mass is 19.4. The lowest BCUT2D eigenvalue weighted by atomic mass is 9.70. The third kappa shape index (κ3) is 2.30. The summed E-state index contributed by atoms with van der Waals surface area (Å²) < 4.78 is 38.9. The van der Waals surface area contributed by atoms with Crippen LogP contribution < -0.4 is 5.32 Å². The molecular weight excluding hydrogens is 271 g/mol. The van der Waals surface area contributed by atoms with Gasteiger partial charge in [-0.05, 0) is 30.4 Å². The van der Waals surface area contributed by atoms with Crippen LogP contribution in [0.5, 0.6) is 0 Å². The molecule has 2 aromatic rings. The molecule has 2 heterocycles. The van der Waals surface area contributed by atoms with Gasteiger partial charge in [0.05, 0.1) is 0 Å². The molecule has 20 heavy (non-hydrogen) atoms. The molecular formula is C12H14F3N5. The van der Waals surface area contributed by atoms with Gasteiger partial charge in [-0.15, -0.1) is 15.3 Å². The third-order valence-corrected chi connectivity index (χ3v) is 3.77. The molecule has 0 aromatic carbocycles. The molecule has 1 aliphatic carbocycles. The fourth-order valence-corrected chi connectivity index (χ4v) is 2.32. The van der Waals surface area contributed by atoms with Crippen molar-refractivity contribution in [3.05, 3.63) is 18.0 Å². The van der Waals surface area contributed by atoms with Crippen molar-refractivity contribution in [2.75, 3.05) is 11.9 Å². The van der Waals surface area contributed by atoms with Crippen molar-refractivity contribution in [3.8, 4) is 0 Å². The number of halogens is 3. The number of hydrogen-bond donors (Lipinski definition) is 1. The maximum Gasteiger partial charge on any atom is 0.453 e. The Morgan fingerprint density at radius 1 is 1.30 bits per heavy atom. The standard InChI is InChI=1S/C12H14F3N5/c1-11(5-2-6-11)7-16-8-3-4-9-17-18-10(12(13,14)15)20(9)19-8/h3-4H,2,5-7H2,1H3,(H,16,19). The van der Waals surface area contributed by atoms with Gasteiger partial charge < -0.3 is 5.32 Å². The molecule has 0 amide bonds. The predicted octanol–water partition coefficient (Wildman–Crippen LogP) is 2.75. The van der Waals surface area contributed by atoms with E-state index in [1.54, 1.807) is 6.07 Å². The minimum atomic E-state index is -4.56. The molecule has 0 atom stereocenters. The fourth-order valence-electron chi connectivity index (χ4n) is 2.32. The average Bonchev–Trinajstić information content (AvgIpc) is 2.76. The summed E-state index contributed by atoms with van der Waals surface area (Å²) in [7, 11) is 0. The first-order valence-electron chi connectivity index (χ1n) is 6.41. The number of fused-ring (bicyclic) bond motifs is 1. The summed E-state index contributed by atoms with van der Waals surface area (Å²) in [5.74, 6) is -0.707. The smallest absolute Gasteiger partial charge is 0.368 e. The Morgan fingerprint density at radius 2 is 2.05 bits per heavy atom. The molecule has 1 saturated carbocycles. The number of rotatable bonds is 3. The van der Waals surface area contributed by atoms with E-state index in [0.29, 0.717) is 12.4 Å². The van der Waals surface area contributed by atoms with Crippen molar-refractivity contribution in [2.24, 2.45) is 5.41 Å². The number of nitrogens with zero attached hydrogens (tertiary/aromatic N) is 4. The van der Waals surface area contributed by atoms with Crippen LogP contribution in [-0.4, -0.2) is 26.4 Å². The minimum Gasteiger partial charge on any atom is -0.368 e. The second-order valence-electron chi connectivity index (χ2n) is 5.53. The van der Waals surface area contributed by atoms with Gasteiger partial charge in [0.2, 0.25) is 0 Å². The van der Waals surface area contributed by atoms with Crippen molar-refractivity contribution in [2.45, 2.75) is 32.4 Å². The quantitative estimate of drug-likeness (QED) is 0.942. The van der Waals surface area contributed by atoms with E-state index in [4.69, 9.17) is 0 Å². The molecule has 1 fully saturated rings. The molecule has 0 saturated heterocycles. The van der Waals surface area contributed by atoms with Gasteiger partial charge in [0.1, 0.15) is 5.82 Å². The third-order valence-electron chi connectivity index (χ3n) is 3.77. The van der Waals surface area contributed by atoms with E-state index in [1.807, 2.05) is 0 Å². The Hall–Kier alpha value is -1.86. The van der Waals surface area contributed by atoms with Crippen molar-refractivity contribution >= 4 is 11.5 Å². The topological polar surface area (TPSA) is 55.1 Å². The van der Waals surface area contributed by atoms with Crippen molar-refractivity contribution < 1.29 is 13.2 Å². The summed E-state index contributed by atoms with van der Waals surface area (Å²) in [5.41, 5.74) is 0.300. The number of hydrogen-bond acceptors (Lipinski definition) is 4. The lowest BCUT2D eigenvalue weighted by molar-refractivity contribution is -0.146. The van der Waals surface area contributed by atoms with Gasteiger partial charge in [-0.1, -0.05) is 13.3 Å². The first-order chi connectivity index (χ1) is 9.37. The largest absolute Gasteiger partial charge is 0.453 e. The van der Waals surface area contributed by atoms with Gasteiger partial charge >= 0.3 is 6.18 Å². The van der Waals surface area contributed by atoms with Gasteiger partial charge in [-0.3, -0.25) is 0 Å². The molecule has 0 bridgehead atoms. The molecule has 0 aliphatic heterocycles. The Kier molecular flexibility index (Phi) is 2.84. The molecule has 1 N–H and O–H groups in total. The van der Waals surface area contributed by atoms with Crippen molar-refractivity contribution in [1.29, 1.82) is 0 Å². The van der Waals surface area contributed by atoms with Crippen LogP contribution in [0.1, 0.15) is 32.0 Å². The fraction of sp³-hybridized carbons (Fsp3) is 0.583. The minimum absolute atomic E-state index is 0.0812. The van der Waals surface area contributed by atoms with Crippen LogP contribution in [-0.2, 0) is 6.18 Å². The van der Waals surface area contributed by atoms with Crippen LogP contribution in [0.15, 0.2) is 12.1 Å². The predicted molar refractivity (Wildman–Crippen MR) is 66.2 cm³/mol. The second-order valence-corrected chi connectivity index (χ2v) is 5.53. The Labute approximate surface area is 113 Å². The molecule has 108 valence electrons. The number of nitrogens with one attached hydrogen (secondary N) is 1. The highest BCUT2D eigenvalue weighted by Crippen LogP contribution is 2.40. The van der Waals surface area contributed by atoms with Crippen molar-refractivity contribution in [3.63, 3.8) is 0 Å². The monoisotopic (exact) mass is 285 g/mol. The maximum atomic E-state index is 12.7. The summed E-state index contributed by atoms with van der Waals surface area (Å²) in [6.07, 6.45) is -1.11. The van der Waals surface area contributed by atoms with Crippen LogP contribution in [0.4, 0.5) is 19.0 Å². The van der Waals surface area contributed by atoms with Crippen molar-refractivity contribution in [1.82, 2.24) is 19.8 Å². The van der Waals surface area contributed by atoms with Gasteiger partial charge in [0, 0.05) is 6.54 Å². The molecule has 0 spiro atoms. The van der Waals surface area contributed by atoms with Gasteiger partial charge in [-0.25, -0.2) is 0 Å². The number of alkyl halides is 3. The summed E-state index contributed by atoms with van der Waals surface area (Å²) in [6.45, 7) is 2.86. The van der Waals surface area contributed by atoms with Crippen LogP contribution >= 0.6 is 0 Å². The van der Waals surface area contributed by atoms with Gasteiger partial charge in [0.15, 0.2) is 5.65 Å². The van der Waals surface area contributed by atoms with E-state index < -0.39 is 12.0 Å². The van der Waals surface area contributed by atoms with E-state index in [1.165, 1.54) is 12.5 Å². The highest BCUT2D eigenvalue weighted by molar-refractivity contribution is 5.44. The zero-order valence-corrected chi connectivity index (χ0v) is 10.9. The first-order valence-corrected chi connectivity index (χ1v) is 6.41. The highest BCUT2D eigenvalue weighted by Gasteiger charge is 2.37. The summed E-state index contributed by atoms with van der Waals surface area (Å²) in [6, 6.07) is 3.09. The summed E-state index contributed by atoms with van der Waals surface area (Å²) in [4.78, 5) is 0. The molecule has 5 nitrogen and oxygen atoms in total. The van der Waals surface area contributed by atoms with E-state index in [9.17, 15) is 13.2 Å². The molecule has 8 heteroatoms.